The first-order chi connectivity index (χ1) is 10.1. The van der Waals surface area contributed by atoms with Crippen LogP contribution in [0.3, 0.4) is 0 Å². The Morgan fingerprint density at radius 2 is 1.95 bits per heavy atom. The number of benzene rings is 1. The summed E-state index contributed by atoms with van der Waals surface area (Å²) in [5.41, 5.74) is 1.06. The van der Waals surface area contributed by atoms with Crippen LogP contribution in [-0.4, -0.2) is 35.1 Å². The van der Waals surface area contributed by atoms with Crippen LogP contribution in [0.4, 0.5) is 4.79 Å². The molecule has 1 aliphatic heterocycles. The molecule has 0 aromatic heterocycles. The summed E-state index contributed by atoms with van der Waals surface area (Å²) in [4.78, 5) is 25.0. The van der Waals surface area contributed by atoms with Gasteiger partial charge in [-0.2, -0.15) is 0 Å². The second-order valence-electron chi connectivity index (χ2n) is 6.02. The fourth-order valence-electron chi connectivity index (χ4n) is 3.50. The number of hydrogen-bond donors (Lipinski definition) is 2. The van der Waals surface area contributed by atoms with Crippen LogP contribution >= 0.6 is 0 Å². The predicted molar refractivity (Wildman–Crippen MR) is 78.0 cm³/mol. The number of carboxylic acids is 1. The minimum absolute atomic E-state index is 0.0369. The van der Waals surface area contributed by atoms with Gasteiger partial charge in [0, 0.05) is 19.6 Å². The Hall–Kier alpha value is -2.04. The molecule has 2 atom stereocenters. The second-order valence-corrected chi connectivity index (χ2v) is 6.02. The number of urea groups is 1. The Morgan fingerprint density at radius 1 is 1.24 bits per heavy atom. The maximum absolute atomic E-state index is 12.2. The van der Waals surface area contributed by atoms with E-state index < -0.39 is 5.97 Å². The van der Waals surface area contributed by atoms with Crippen molar-refractivity contribution in [1.29, 1.82) is 0 Å². The van der Waals surface area contributed by atoms with Gasteiger partial charge in [0.2, 0.25) is 0 Å². The molecular formula is C16H20N2O3. The topological polar surface area (TPSA) is 69.6 Å². The molecule has 112 valence electrons. The zero-order valence-electron chi connectivity index (χ0n) is 11.9. The summed E-state index contributed by atoms with van der Waals surface area (Å²) in [5.74, 6) is 0.424. The normalized spacial score (nSPS) is 23.9. The van der Waals surface area contributed by atoms with Crippen LogP contribution in [0.25, 0.3) is 0 Å². The number of carboxylic acid groups (broad SMARTS) is 1. The molecule has 2 amide bonds. The number of amides is 2. The number of carbonyl (C=O) groups is 2. The number of likely N-dealkylation sites (tertiary alicyclic amines) is 1. The van der Waals surface area contributed by atoms with E-state index in [0.29, 0.717) is 18.4 Å². The molecule has 3 rings (SSSR count). The van der Waals surface area contributed by atoms with Crippen LogP contribution in [-0.2, 0) is 6.54 Å². The third kappa shape index (κ3) is 3.01. The van der Waals surface area contributed by atoms with Crippen molar-refractivity contribution < 1.29 is 14.7 Å². The molecule has 5 nitrogen and oxygen atoms in total. The standard InChI is InChI=1S/C16H20N2O3/c19-15(20)12-4-1-3-11(7-12)8-17-16(21)18-9-13-5-2-6-14(13)10-18/h1,3-4,7,13-14H,2,5-6,8-10H2,(H,17,21)(H,19,20). The third-order valence-electron chi connectivity index (χ3n) is 4.63. The lowest BCUT2D eigenvalue weighted by Crippen LogP contribution is -2.38. The maximum Gasteiger partial charge on any atom is 0.335 e. The summed E-state index contributed by atoms with van der Waals surface area (Å²) in [6, 6.07) is 6.64. The Kier molecular flexibility index (Phi) is 3.82. The molecule has 2 unspecified atom stereocenters. The van der Waals surface area contributed by atoms with Gasteiger partial charge in [0.05, 0.1) is 5.56 Å². The molecule has 1 aromatic rings. The fraction of sp³-hybridized carbons (Fsp3) is 0.500. The number of hydrogen-bond acceptors (Lipinski definition) is 2. The van der Waals surface area contributed by atoms with E-state index in [9.17, 15) is 9.59 Å². The predicted octanol–water partition coefficient (Wildman–Crippen LogP) is 2.33. The number of nitrogens with zero attached hydrogens (tertiary/aromatic N) is 1. The molecule has 5 heteroatoms. The van der Waals surface area contributed by atoms with E-state index in [1.54, 1.807) is 18.2 Å². The first kappa shape index (κ1) is 13.9. The summed E-state index contributed by atoms with van der Waals surface area (Å²) < 4.78 is 0. The van der Waals surface area contributed by atoms with Gasteiger partial charge in [-0.3, -0.25) is 0 Å². The van der Waals surface area contributed by atoms with Gasteiger partial charge in [0.25, 0.3) is 0 Å². The van der Waals surface area contributed by atoms with Crippen LogP contribution in [0.5, 0.6) is 0 Å². The van der Waals surface area contributed by atoms with Crippen LogP contribution in [0.2, 0.25) is 0 Å². The third-order valence-corrected chi connectivity index (χ3v) is 4.63. The zero-order chi connectivity index (χ0) is 14.8. The van der Waals surface area contributed by atoms with E-state index in [1.165, 1.54) is 19.3 Å². The Morgan fingerprint density at radius 3 is 2.62 bits per heavy atom. The van der Waals surface area contributed by atoms with Crippen molar-refractivity contribution in [1.82, 2.24) is 10.2 Å². The molecular weight excluding hydrogens is 268 g/mol. The van der Waals surface area contributed by atoms with Gasteiger partial charge in [0.1, 0.15) is 0 Å². The number of carbonyl (C=O) groups excluding carboxylic acids is 1. The van der Waals surface area contributed by atoms with Crippen molar-refractivity contribution in [3.63, 3.8) is 0 Å². The largest absolute Gasteiger partial charge is 0.478 e. The Bertz CT molecular complexity index is 546. The van der Waals surface area contributed by atoms with Crippen LogP contribution in [0.1, 0.15) is 35.2 Å². The van der Waals surface area contributed by atoms with Gasteiger partial charge in [-0.05, 0) is 42.4 Å². The molecule has 0 spiro atoms. The van der Waals surface area contributed by atoms with Crippen molar-refractivity contribution in [2.45, 2.75) is 25.8 Å². The molecule has 1 aliphatic carbocycles. The molecule has 1 saturated carbocycles. The highest BCUT2D eigenvalue weighted by Crippen LogP contribution is 2.37. The van der Waals surface area contributed by atoms with Crippen molar-refractivity contribution in [2.24, 2.45) is 11.8 Å². The monoisotopic (exact) mass is 288 g/mol. The van der Waals surface area contributed by atoms with E-state index in [0.717, 1.165) is 18.7 Å². The lowest BCUT2D eigenvalue weighted by molar-refractivity contribution is 0.0696. The lowest BCUT2D eigenvalue weighted by Gasteiger charge is -2.18. The number of aromatic carboxylic acids is 1. The summed E-state index contributed by atoms with van der Waals surface area (Å²) in [5, 5.41) is 11.8. The number of nitrogens with one attached hydrogen (secondary N) is 1. The van der Waals surface area contributed by atoms with Gasteiger partial charge >= 0.3 is 12.0 Å². The quantitative estimate of drug-likeness (QED) is 0.897. The molecule has 0 radical (unpaired) electrons. The van der Waals surface area contributed by atoms with Gasteiger partial charge < -0.3 is 15.3 Å². The van der Waals surface area contributed by atoms with Gasteiger partial charge in [-0.1, -0.05) is 18.6 Å². The summed E-state index contributed by atoms with van der Waals surface area (Å²) in [6.45, 7) is 2.10. The first-order valence-electron chi connectivity index (χ1n) is 7.48. The fourth-order valence-corrected chi connectivity index (χ4v) is 3.50. The summed E-state index contributed by atoms with van der Waals surface area (Å²) in [7, 11) is 0. The van der Waals surface area contributed by atoms with E-state index in [4.69, 9.17) is 5.11 Å². The van der Waals surface area contributed by atoms with Gasteiger partial charge in [-0.25, -0.2) is 9.59 Å². The summed E-state index contributed by atoms with van der Waals surface area (Å²) in [6.07, 6.45) is 3.79. The highest BCUT2D eigenvalue weighted by atomic mass is 16.4. The molecule has 21 heavy (non-hydrogen) atoms. The first-order valence-corrected chi connectivity index (χ1v) is 7.48. The molecule has 0 bridgehead atoms. The average molecular weight is 288 g/mol. The van der Waals surface area contributed by atoms with Gasteiger partial charge in [0.15, 0.2) is 0 Å². The van der Waals surface area contributed by atoms with E-state index in [1.807, 2.05) is 11.0 Å². The van der Waals surface area contributed by atoms with E-state index in [2.05, 4.69) is 5.32 Å². The molecule has 1 aromatic carbocycles. The minimum atomic E-state index is -0.949. The second kappa shape index (κ2) is 5.76. The van der Waals surface area contributed by atoms with E-state index >= 15 is 0 Å². The zero-order valence-corrected chi connectivity index (χ0v) is 11.9. The molecule has 2 aliphatic rings. The minimum Gasteiger partial charge on any atom is -0.478 e. The molecule has 1 heterocycles. The van der Waals surface area contributed by atoms with Crippen LogP contribution in [0.15, 0.2) is 24.3 Å². The maximum atomic E-state index is 12.2. The van der Waals surface area contributed by atoms with Crippen molar-refractivity contribution in [3.05, 3.63) is 35.4 Å². The lowest BCUT2D eigenvalue weighted by atomic mass is 10.0. The van der Waals surface area contributed by atoms with Crippen LogP contribution in [0, 0.1) is 11.8 Å². The average Bonchev–Trinajstić information content (AvgIpc) is 3.06. The molecule has 2 N–H and O–H groups in total. The Balaban J connectivity index is 1.54. The van der Waals surface area contributed by atoms with Crippen LogP contribution < -0.4 is 5.32 Å². The van der Waals surface area contributed by atoms with Gasteiger partial charge in [-0.15, -0.1) is 0 Å². The van der Waals surface area contributed by atoms with E-state index in [-0.39, 0.29) is 11.6 Å². The SMILES string of the molecule is O=C(O)c1cccc(CNC(=O)N2CC3CCCC3C2)c1. The molecule has 1 saturated heterocycles. The number of fused-ring (bicyclic) bond motifs is 1. The summed E-state index contributed by atoms with van der Waals surface area (Å²) >= 11 is 0. The van der Waals surface area contributed by atoms with Crippen molar-refractivity contribution in [2.75, 3.05) is 13.1 Å². The number of rotatable bonds is 3. The highest BCUT2D eigenvalue weighted by Gasteiger charge is 2.37. The molecule has 2 fully saturated rings. The van der Waals surface area contributed by atoms with Crippen molar-refractivity contribution >= 4 is 12.0 Å². The smallest absolute Gasteiger partial charge is 0.335 e. The van der Waals surface area contributed by atoms with Crippen molar-refractivity contribution in [3.8, 4) is 0 Å². The highest BCUT2D eigenvalue weighted by molar-refractivity contribution is 5.87. The Labute approximate surface area is 123 Å².